The van der Waals surface area contributed by atoms with Gasteiger partial charge in [0.15, 0.2) is 0 Å². The first-order chi connectivity index (χ1) is 8.97. The molecule has 0 saturated heterocycles. The first-order valence-corrected chi connectivity index (χ1v) is 8.03. The Morgan fingerprint density at radius 1 is 1.16 bits per heavy atom. The second kappa shape index (κ2) is 6.25. The summed E-state index contributed by atoms with van der Waals surface area (Å²) in [6.45, 7) is 6.87. The Kier molecular flexibility index (Phi) is 4.88. The van der Waals surface area contributed by atoms with Gasteiger partial charge < -0.3 is 11.1 Å². The summed E-state index contributed by atoms with van der Waals surface area (Å²) in [6, 6.07) is 0.620. The van der Waals surface area contributed by atoms with Crippen LogP contribution in [-0.2, 0) is 4.79 Å². The van der Waals surface area contributed by atoms with Crippen LogP contribution in [0.15, 0.2) is 0 Å². The quantitative estimate of drug-likeness (QED) is 0.825. The number of nitrogens with two attached hydrogens (primary N) is 1. The number of hydrogen-bond donors (Lipinski definition) is 2. The molecule has 0 radical (unpaired) electrons. The van der Waals surface area contributed by atoms with Gasteiger partial charge in [-0.1, -0.05) is 27.2 Å². The summed E-state index contributed by atoms with van der Waals surface area (Å²) in [5.74, 6) is 2.47. The zero-order chi connectivity index (χ0) is 14.0. The molecule has 2 saturated carbocycles. The summed E-state index contributed by atoms with van der Waals surface area (Å²) in [5, 5.41) is 3.35. The predicted octanol–water partition coefficient (Wildman–Crippen LogP) is 2.69. The molecule has 19 heavy (non-hydrogen) atoms. The molecule has 0 heterocycles. The molecule has 0 aromatic carbocycles. The monoisotopic (exact) mass is 266 g/mol. The number of amides is 1. The average Bonchev–Trinajstić information content (AvgIpc) is 2.75. The van der Waals surface area contributed by atoms with E-state index in [1.807, 2.05) is 0 Å². The molecule has 2 aliphatic carbocycles. The molecule has 0 aliphatic heterocycles. The van der Waals surface area contributed by atoms with Gasteiger partial charge in [-0.2, -0.15) is 0 Å². The third kappa shape index (κ3) is 3.71. The summed E-state index contributed by atoms with van der Waals surface area (Å²) in [5.41, 5.74) is 5.91. The van der Waals surface area contributed by atoms with Gasteiger partial charge in [0.05, 0.1) is 0 Å². The molecule has 1 amide bonds. The van der Waals surface area contributed by atoms with Crippen LogP contribution in [-0.4, -0.2) is 18.0 Å². The van der Waals surface area contributed by atoms with E-state index in [-0.39, 0.29) is 17.9 Å². The zero-order valence-corrected chi connectivity index (χ0v) is 12.7. The Hall–Kier alpha value is -0.570. The lowest BCUT2D eigenvalue weighted by Gasteiger charge is -2.38. The molecule has 0 aromatic rings. The molecular weight excluding hydrogens is 236 g/mol. The fourth-order valence-electron chi connectivity index (χ4n) is 3.92. The van der Waals surface area contributed by atoms with Crippen molar-refractivity contribution in [3.05, 3.63) is 0 Å². The number of hydrogen-bond acceptors (Lipinski definition) is 2. The van der Waals surface area contributed by atoms with E-state index in [1.165, 1.54) is 12.8 Å². The Morgan fingerprint density at radius 2 is 1.89 bits per heavy atom. The smallest absolute Gasteiger partial charge is 0.223 e. The van der Waals surface area contributed by atoms with E-state index in [0.717, 1.165) is 31.6 Å². The van der Waals surface area contributed by atoms with Crippen LogP contribution in [0.5, 0.6) is 0 Å². The molecule has 5 unspecified atom stereocenters. The molecule has 0 bridgehead atoms. The second-order valence-electron chi connectivity index (χ2n) is 7.21. The fourth-order valence-corrected chi connectivity index (χ4v) is 3.92. The van der Waals surface area contributed by atoms with E-state index in [4.69, 9.17) is 5.73 Å². The molecule has 3 N–H and O–H groups in total. The van der Waals surface area contributed by atoms with E-state index in [1.54, 1.807) is 0 Å². The Bertz CT molecular complexity index is 316. The molecule has 3 nitrogen and oxygen atoms in total. The summed E-state index contributed by atoms with van der Waals surface area (Å²) >= 11 is 0. The van der Waals surface area contributed by atoms with Crippen molar-refractivity contribution in [2.24, 2.45) is 29.4 Å². The summed E-state index contributed by atoms with van der Waals surface area (Å²) < 4.78 is 0. The van der Waals surface area contributed by atoms with E-state index in [2.05, 4.69) is 26.1 Å². The molecule has 0 aromatic heterocycles. The van der Waals surface area contributed by atoms with Gasteiger partial charge >= 0.3 is 0 Å². The maximum atomic E-state index is 12.4. The van der Waals surface area contributed by atoms with Gasteiger partial charge in [-0.3, -0.25) is 4.79 Å². The van der Waals surface area contributed by atoms with Crippen LogP contribution in [0.1, 0.15) is 59.3 Å². The highest BCUT2D eigenvalue weighted by Gasteiger charge is 2.34. The number of carbonyl (C=O) groups excluding carboxylic acids is 1. The first-order valence-electron chi connectivity index (χ1n) is 8.03. The SMILES string of the molecule is CC1CCC(C(C)C)C(NC(=O)C2CCC(N)C2)C1. The number of rotatable bonds is 3. The van der Waals surface area contributed by atoms with Crippen molar-refractivity contribution in [2.45, 2.75) is 71.4 Å². The zero-order valence-electron chi connectivity index (χ0n) is 12.7. The minimum atomic E-state index is 0.167. The molecular formula is C16H30N2O. The highest BCUT2D eigenvalue weighted by atomic mass is 16.1. The van der Waals surface area contributed by atoms with Crippen molar-refractivity contribution < 1.29 is 4.79 Å². The minimum Gasteiger partial charge on any atom is -0.353 e. The Morgan fingerprint density at radius 3 is 2.47 bits per heavy atom. The maximum absolute atomic E-state index is 12.4. The summed E-state index contributed by atoms with van der Waals surface area (Å²) in [6.07, 6.45) is 6.57. The number of carbonyl (C=O) groups is 1. The van der Waals surface area contributed by atoms with E-state index in [9.17, 15) is 4.79 Å². The highest BCUT2D eigenvalue weighted by Crippen LogP contribution is 2.34. The second-order valence-corrected chi connectivity index (χ2v) is 7.21. The van der Waals surface area contributed by atoms with Crippen molar-refractivity contribution in [3.63, 3.8) is 0 Å². The van der Waals surface area contributed by atoms with E-state index in [0.29, 0.717) is 17.9 Å². The lowest BCUT2D eigenvalue weighted by atomic mass is 9.74. The van der Waals surface area contributed by atoms with Crippen molar-refractivity contribution >= 4 is 5.91 Å². The molecule has 0 spiro atoms. The molecule has 2 aliphatic rings. The topological polar surface area (TPSA) is 55.1 Å². The van der Waals surface area contributed by atoms with Crippen LogP contribution in [0.25, 0.3) is 0 Å². The summed E-state index contributed by atoms with van der Waals surface area (Å²) in [4.78, 5) is 12.4. The molecule has 5 atom stereocenters. The van der Waals surface area contributed by atoms with Crippen LogP contribution >= 0.6 is 0 Å². The van der Waals surface area contributed by atoms with Gasteiger partial charge in [0.2, 0.25) is 5.91 Å². The van der Waals surface area contributed by atoms with Crippen LogP contribution in [0.2, 0.25) is 0 Å². The highest BCUT2D eigenvalue weighted by molar-refractivity contribution is 5.79. The standard InChI is InChI=1S/C16H30N2O/c1-10(2)14-7-4-11(3)8-15(14)18-16(19)12-5-6-13(17)9-12/h10-15H,4-9,17H2,1-3H3,(H,18,19). The fraction of sp³-hybridized carbons (Fsp3) is 0.938. The maximum Gasteiger partial charge on any atom is 0.223 e. The number of nitrogens with one attached hydrogen (secondary N) is 1. The minimum absolute atomic E-state index is 0.167. The normalized spacial score (nSPS) is 39.5. The average molecular weight is 266 g/mol. The van der Waals surface area contributed by atoms with Crippen molar-refractivity contribution in [3.8, 4) is 0 Å². The molecule has 110 valence electrons. The first kappa shape index (κ1) is 14.8. The molecule has 3 heteroatoms. The predicted molar refractivity (Wildman–Crippen MR) is 78.6 cm³/mol. The van der Waals surface area contributed by atoms with Gasteiger partial charge in [-0.15, -0.1) is 0 Å². The van der Waals surface area contributed by atoms with Crippen LogP contribution < -0.4 is 11.1 Å². The van der Waals surface area contributed by atoms with Gasteiger partial charge in [0, 0.05) is 18.0 Å². The van der Waals surface area contributed by atoms with E-state index >= 15 is 0 Å². The third-order valence-corrected chi connectivity index (χ3v) is 5.19. The molecule has 2 rings (SSSR count). The Labute approximate surface area is 117 Å². The van der Waals surface area contributed by atoms with Crippen molar-refractivity contribution in [1.82, 2.24) is 5.32 Å². The lowest BCUT2D eigenvalue weighted by Crippen LogP contribution is -2.47. The largest absolute Gasteiger partial charge is 0.353 e. The van der Waals surface area contributed by atoms with Crippen LogP contribution in [0, 0.1) is 23.7 Å². The molecule has 2 fully saturated rings. The van der Waals surface area contributed by atoms with Crippen LogP contribution in [0.4, 0.5) is 0 Å². The van der Waals surface area contributed by atoms with Gasteiger partial charge in [0.25, 0.3) is 0 Å². The van der Waals surface area contributed by atoms with Gasteiger partial charge in [-0.05, 0) is 49.9 Å². The van der Waals surface area contributed by atoms with Crippen molar-refractivity contribution in [2.75, 3.05) is 0 Å². The summed E-state index contributed by atoms with van der Waals surface area (Å²) in [7, 11) is 0. The lowest BCUT2D eigenvalue weighted by molar-refractivity contribution is -0.126. The third-order valence-electron chi connectivity index (χ3n) is 5.19. The van der Waals surface area contributed by atoms with Crippen LogP contribution in [0.3, 0.4) is 0 Å². The Balaban J connectivity index is 1.92. The van der Waals surface area contributed by atoms with Gasteiger partial charge in [-0.25, -0.2) is 0 Å². The van der Waals surface area contributed by atoms with Gasteiger partial charge in [0.1, 0.15) is 0 Å². The van der Waals surface area contributed by atoms with Crippen molar-refractivity contribution in [1.29, 1.82) is 0 Å². The van der Waals surface area contributed by atoms with E-state index < -0.39 is 0 Å².